The van der Waals surface area contributed by atoms with Gasteiger partial charge in [-0.25, -0.2) is 0 Å². The maximum atomic E-state index is 12.8. The van der Waals surface area contributed by atoms with Gasteiger partial charge in [-0.2, -0.15) is 0 Å². The molecule has 138 valence electrons. The van der Waals surface area contributed by atoms with Crippen LogP contribution in [0.1, 0.15) is 55.4 Å². The Bertz CT molecular complexity index is 596. The molecule has 0 radical (unpaired) electrons. The number of ether oxygens (including phenoxy) is 1. The second-order valence-electron chi connectivity index (χ2n) is 7.81. The first-order valence-electron chi connectivity index (χ1n) is 9.73. The van der Waals surface area contributed by atoms with Crippen molar-refractivity contribution in [2.45, 2.75) is 58.6 Å². The molecule has 1 N–H and O–H groups in total. The fourth-order valence-corrected chi connectivity index (χ4v) is 4.04. The molecule has 2 aliphatic rings. The lowest BCUT2D eigenvalue weighted by atomic mass is 9.92. The minimum absolute atomic E-state index is 0.000990. The summed E-state index contributed by atoms with van der Waals surface area (Å²) < 4.78 is 6.08. The summed E-state index contributed by atoms with van der Waals surface area (Å²) in [5.74, 6) is 1.00. The van der Waals surface area contributed by atoms with Gasteiger partial charge in [-0.3, -0.25) is 4.79 Å². The molecule has 2 saturated heterocycles. The number of hydrogen-bond acceptors (Lipinski definition) is 3. The molecule has 0 aliphatic carbocycles. The molecule has 2 atom stereocenters. The van der Waals surface area contributed by atoms with Crippen LogP contribution in [0.3, 0.4) is 0 Å². The van der Waals surface area contributed by atoms with E-state index in [4.69, 9.17) is 4.74 Å². The lowest BCUT2D eigenvalue weighted by Gasteiger charge is -2.39. The number of carbonyl (C=O) groups is 1. The summed E-state index contributed by atoms with van der Waals surface area (Å²) in [6, 6.07) is 6.65. The van der Waals surface area contributed by atoms with Crippen LogP contribution < -0.4 is 5.32 Å². The number of rotatable bonds is 4. The number of nitrogens with one attached hydrogen (secondary N) is 1. The standard InChI is InChI=1S/C21H32N2O2/c1-15-4-5-16(2)19(12-15)20-13-23(17(3)14-25-20)21(24)7-6-18-8-10-22-11-9-18/h4-5,12,17-18,20,22H,6-11,13-14H2,1-3H3. The second kappa shape index (κ2) is 8.33. The second-order valence-corrected chi connectivity index (χ2v) is 7.81. The van der Waals surface area contributed by atoms with E-state index >= 15 is 0 Å². The zero-order valence-corrected chi connectivity index (χ0v) is 15.9. The Morgan fingerprint density at radius 1 is 1.28 bits per heavy atom. The highest BCUT2D eigenvalue weighted by atomic mass is 16.5. The van der Waals surface area contributed by atoms with Crippen molar-refractivity contribution in [2.75, 3.05) is 26.2 Å². The predicted octanol–water partition coefficient (Wildman–Crippen LogP) is 3.37. The highest BCUT2D eigenvalue weighted by Crippen LogP contribution is 2.29. The molecule has 0 bridgehead atoms. The first-order chi connectivity index (χ1) is 12.0. The summed E-state index contributed by atoms with van der Waals surface area (Å²) in [6.07, 6.45) is 4.11. The number of benzene rings is 1. The van der Waals surface area contributed by atoms with Crippen molar-refractivity contribution in [3.05, 3.63) is 34.9 Å². The summed E-state index contributed by atoms with van der Waals surface area (Å²) >= 11 is 0. The highest BCUT2D eigenvalue weighted by molar-refractivity contribution is 5.76. The third kappa shape index (κ3) is 4.62. The molecule has 1 aromatic carbocycles. The van der Waals surface area contributed by atoms with Crippen LogP contribution in [0.4, 0.5) is 0 Å². The summed E-state index contributed by atoms with van der Waals surface area (Å²) in [5.41, 5.74) is 3.71. The Labute approximate surface area is 151 Å². The summed E-state index contributed by atoms with van der Waals surface area (Å²) in [4.78, 5) is 14.9. The van der Waals surface area contributed by atoms with E-state index < -0.39 is 0 Å². The molecule has 25 heavy (non-hydrogen) atoms. The minimum atomic E-state index is -0.000990. The van der Waals surface area contributed by atoms with E-state index in [-0.39, 0.29) is 12.1 Å². The zero-order valence-electron chi connectivity index (χ0n) is 15.9. The fourth-order valence-electron chi connectivity index (χ4n) is 4.04. The number of piperidine rings is 1. The minimum Gasteiger partial charge on any atom is -0.370 e. The van der Waals surface area contributed by atoms with E-state index in [1.807, 2.05) is 0 Å². The van der Waals surface area contributed by atoms with Crippen molar-refractivity contribution in [3.8, 4) is 0 Å². The average Bonchev–Trinajstić information content (AvgIpc) is 2.63. The Kier molecular flexibility index (Phi) is 6.13. The first-order valence-corrected chi connectivity index (χ1v) is 9.73. The largest absolute Gasteiger partial charge is 0.370 e. The maximum absolute atomic E-state index is 12.8. The topological polar surface area (TPSA) is 41.6 Å². The van der Waals surface area contributed by atoms with Crippen LogP contribution in [0.25, 0.3) is 0 Å². The van der Waals surface area contributed by atoms with Crippen molar-refractivity contribution < 1.29 is 9.53 Å². The lowest BCUT2D eigenvalue weighted by molar-refractivity contribution is -0.144. The van der Waals surface area contributed by atoms with Crippen molar-refractivity contribution >= 4 is 5.91 Å². The molecule has 2 unspecified atom stereocenters. The molecule has 4 nitrogen and oxygen atoms in total. The number of nitrogens with zero attached hydrogens (tertiary/aromatic N) is 1. The summed E-state index contributed by atoms with van der Waals surface area (Å²) in [6.45, 7) is 9.83. The molecule has 1 amide bonds. The van der Waals surface area contributed by atoms with E-state index in [1.54, 1.807) is 0 Å². The normalized spacial score (nSPS) is 25.2. The van der Waals surface area contributed by atoms with E-state index in [0.29, 0.717) is 31.4 Å². The average molecular weight is 344 g/mol. The van der Waals surface area contributed by atoms with E-state index in [2.05, 4.69) is 49.2 Å². The fraction of sp³-hybridized carbons (Fsp3) is 0.667. The molecule has 2 heterocycles. The van der Waals surface area contributed by atoms with Gasteiger partial charge in [0.05, 0.1) is 19.2 Å². The van der Waals surface area contributed by atoms with Crippen LogP contribution >= 0.6 is 0 Å². The van der Waals surface area contributed by atoms with Gasteiger partial charge < -0.3 is 15.0 Å². The van der Waals surface area contributed by atoms with Crippen LogP contribution in [0.2, 0.25) is 0 Å². The number of morpholine rings is 1. The molecular weight excluding hydrogens is 312 g/mol. The van der Waals surface area contributed by atoms with Crippen molar-refractivity contribution in [1.82, 2.24) is 10.2 Å². The Morgan fingerprint density at radius 2 is 2.04 bits per heavy atom. The smallest absolute Gasteiger partial charge is 0.222 e. The van der Waals surface area contributed by atoms with Gasteiger partial charge in [0.15, 0.2) is 0 Å². The molecule has 4 heteroatoms. The van der Waals surface area contributed by atoms with E-state index in [9.17, 15) is 4.79 Å². The quantitative estimate of drug-likeness (QED) is 0.910. The Morgan fingerprint density at radius 3 is 2.80 bits per heavy atom. The monoisotopic (exact) mass is 344 g/mol. The van der Waals surface area contributed by atoms with Crippen LogP contribution in [-0.4, -0.2) is 43.1 Å². The number of hydrogen-bond donors (Lipinski definition) is 1. The van der Waals surface area contributed by atoms with Gasteiger partial charge in [0, 0.05) is 6.42 Å². The zero-order chi connectivity index (χ0) is 17.8. The maximum Gasteiger partial charge on any atom is 0.222 e. The molecule has 0 spiro atoms. The number of amides is 1. The van der Waals surface area contributed by atoms with E-state index in [1.165, 1.54) is 29.5 Å². The van der Waals surface area contributed by atoms with Gasteiger partial charge in [0.1, 0.15) is 6.10 Å². The van der Waals surface area contributed by atoms with Gasteiger partial charge in [-0.1, -0.05) is 23.8 Å². The van der Waals surface area contributed by atoms with Crippen molar-refractivity contribution in [3.63, 3.8) is 0 Å². The molecule has 2 fully saturated rings. The third-order valence-corrected chi connectivity index (χ3v) is 5.76. The van der Waals surface area contributed by atoms with Gasteiger partial charge in [0.25, 0.3) is 0 Å². The van der Waals surface area contributed by atoms with Crippen LogP contribution in [0.5, 0.6) is 0 Å². The molecule has 1 aromatic rings. The summed E-state index contributed by atoms with van der Waals surface area (Å²) in [7, 11) is 0. The highest BCUT2D eigenvalue weighted by Gasteiger charge is 2.31. The SMILES string of the molecule is Cc1ccc(C)c(C2CN(C(=O)CCC3CCNCC3)C(C)CO2)c1. The van der Waals surface area contributed by atoms with Gasteiger partial charge in [-0.05, 0) is 70.2 Å². The molecule has 3 rings (SSSR count). The van der Waals surface area contributed by atoms with E-state index in [0.717, 1.165) is 19.5 Å². The third-order valence-electron chi connectivity index (χ3n) is 5.76. The predicted molar refractivity (Wildman–Crippen MR) is 101 cm³/mol. The summed E-state index contributed by atoms with van der Waals surface area (Å²) in [5, 5.41) is 3.39. The van der Waals surface area contributed by atoms with Crippen molar-refractivity contribution in [2.24, 2.45) is 5.92 Å². The lowest BCUT2D eigenvalue weighted by Crippen LogP contribution is -2.48. The van der Waals surface area contributed by atoms with Gasteiger partial charge in [-0.15, -0.1) is 0 Å². The van der Waals surface area contributed by atoms with Crippen molar-refractivity contribution in [1.29, 1.82) is 0 Å². The first kappa shape index (κ1) is 18.4. The van der Waals surface area contributed by atoms with Crippen LogP contribution in [0.15, 0.2) is 18.2 Å². The van der Waals surface area contributed by atoms with Crippen LogP contribution in [-0.2, 0) is 9.53 Å². The number of aryl methyl sites for hydroxylation is 2. The number of carbonyl (C=O) groups excluding carboxylic acids is 1. The molecule has 2 aliphatic heterocycles. The molecule has 0 aromatic heterocycles. The van der Waals surface area contributed by atoms with Crippen LogP contribution in [0, 0.1) is 19.8 Å². The molecular formula is C21H32N2O2. The Balaban J connectivity index is 1.61. The van der Waals surface area contributed by atoms with Gasteiger partial charge in [0.2, 0.25) is 5.91 Å². The Hall–Kier alpha value is -1.39. The molecule has 0 saturated carbocycles. The van der Waals surface area contributed by atoms with Gasteiger partial charge >= 0.3 is 0 Å².